The summed E-state index contributed by atoms with van der Waals surface area (Å²) in [6, 6.07) is 11.5. The summed E-state index contributed by atoms with van der Waals surface area (Å²) >= 11 is 5.81. The van der Waals surface area contributed by atoms with E-state index in [2.05, 4.69) is 5.32 Å². The maximum Gasteiger partial charge on any atom is 0.224 e. The number of methoxy groups -OCH3 is 1. The van der Waals surface area contributed by atoms with E-state index in [9.17, 15) is 9.18 Å². The molecule has 0 heterocycles. The van der Waals surface area contributed by atoms with Gasteiger partial charge in [0.15, 0.2) is 0 Å². The fourth-order valence-corrected chi connectivity index (χ4v) is 2.15. The van der Waals surface area contributed by atoms with Crippen LogP contribution in [0.5, 0.6) is 5.75 Å². The van der Waals surface area contributed by atoms with Gasteiger partial charge in [-0.25, -0.2) is 4.39 Å². The van der Waals surface area contributed by atoms with E-state index in [1.807, 2.05) is 18.2 Å². The Kier molecular flexibility index (Phi) is 5.17. The molecule has 2 rings (SSSR count). The van der Waals surface area contributed by atoms with Crippen molar-refractivity contribution in [3.63, 3.8) is 0 Å². The normalized spacial score (nSPS) is 10.2. The summed E-state index contributed by atoms with van der Waals surface area (Å²) in [4.78, 5) is 11.9. The van der Waals surface area contributed by atoms with Gasteiger partial charge in [0.25, 0.3) is 0 Å². The summed E-state index contributed by atoms with van der Waals surface area (Å²) in [7, 11) is 1.55. The van der Waals surface area contributed by atoms with E-state index >= 15 is 0 Å². The largest absolute Gasteiger partial charge is 0.496 e. The van der Waals surface area contributed by atoms with E-state index in [0.29, 0.717) is 16.3 Å². The molecule has 2 aromatic rings. The van der Waals surface area contributed by atoms with Crippen molar-refractivity contribution in [2.45, 2.75) is 13.0 Å². The molecular formula is C16H15ClFNO2. The highest BCUT2D eigenvalue weighted by atomic mass is 35.5. The minimum atomic E-state index is -0.392. The minimum Gasteiger partial charge on any atom is -0.496 e. The van der Waals surface area contributed by atoms with E-state index in [4.69, 9.17) is 16.3 Å². The molecule has 0 fully saturated rings. The van der Waals surface area contributed by atoms with Gasteiger partial charge < -0.3 is 10.1 Å². The van der Waals surface area contributed by atoms with Gasteiger partial charge in [-0.2, -0.15) is 0 Å². The molecule has 0 radical (unpaired) electrons. The van der Waals surface area contributed by atoms with Crippen LogP contribution >= 0.6 is 11.6 Å². The average molecular weight is 308 g/mol. The summed E-state index contributed by atoms with van der Waals surface area (Å²) in [5, 5.41) is 3.11. The van der Waals surface area contributed by atoms with Crippen molar-refractivity contribution in [1.82, 2.24) is 5.32 Å². The number of halogens is 2. The van der Waals surface area contributed by atoms with Crippen LogP contribution < -0.4 is 10.1 Å². The van der Waals surface area contributed by atoms with Crippen molar-refractivity contribution in [2.24, 2.45) is 0 Å². The van der Waals surface area contributed by atoms with E-state index in [1.54, 1.807) is 13.2 Å². The van der Waals surface area contributed by atoms with E-state index < -0.39 is 5.82 Å². The first-order valence-electron chi connectivity index (χ1n) is 6.42. The maximum absolute atomic E-state index is 13.5. The lowest BCUT2D eigenvalue weighted by Gasteiger charge is -2.09. The molecule has 0 aliphatic rings. The summed E-state index contributed by atoms with van der Waals surface area (Å²) in [5.74, 6) is 0.0532. The summed E-state index contributed by atoms with van der Waals surface area (Å²) in [5.41, 5.74) is 1.14. The number of benzene rings is 2. The Balaban J connectivity index is 1.97. The Morgan fingerprint density at radius 2 is 2.00 bits per heavy atom. The Morgan fingerprint density at radius 3 is 2.76 bits per heavy atom. The number of carbonyl (C=O) groups is 1. The van der Waals surface area contributed by atoms with Crippen LogP contribution in [0.4, 0.5) is 4.39 Å². The van der Waals surface area contributed by atoms with Crippen LogP contribution in [-0.2, 0) is 17.8 Å². The van der Waals surface area contributed by atoms with Crippen LogP contribution in [0.1, 0.15) is 11.1 Å². The molecule has 0 spiro atoms. The number of ether oxygens (including phenoxy) is 1. The molecule has 0 unspecified atom stereocenters. The lowest BCUT2D eigenvalue weighted by atomic mass is 10.1. The zero-order chi connectivity index (χ0) is 15.2. The average Bonchev–Trinajstić information content (AvgIpc) is 2.49. The predicted molar refractivity (Wildman–Crippen MR) is 80.0 cm³/mol. The third-order valence-electron chi connectivity index (χ3n) is 3.03. The van der Waals surface area contributed by atoms with Crippen molar-refractivity contribution < 1.29 is 13.9 Å². The molecule has 0 aromatic heterocycles. The predicted octanol–water partition coefficient (Wildman–Crippen LogP) is 3.35. The highest BCUT2D eigenvalue weighted by Gasteiger charge is 2.09. The quantitative estimate of drug-likeness (QED) is 0.920. The Morgan fingerprint density at radius 1 is 1.24 bits per heavy atom. The van der Waals surface area contributed by atoms with Crippen LogP contribution in [0.3, 0.4) is 0 Å². The SMILES string of the molecule is COc1ccccc1CC(=O)NCc1cc(Cl)ccc1F. The first-order valence-corrected chi connectivity index (χ1v) is 6.80. The third kappa shape index (κ3) is 4.20. The molecule has 3 nitrogen and oxygen atoms in total. The Bertz CT molecular complexity index is 646. The van der Waals surface area contributed by atoms with Crippen LogP contribution in [0.15, 0.2) is 42.5 Å². The van der Waals surface area contributed by atoms with Crippen LogP contribution in [0.2, 0.25) is 5.02 Å². The van der Waals surface area contributed by atoms with Gasteiger partial charge in [0.05, 0.1) is 13.5 Å². The van der Waals surface area contributed by atoms with Gasteiger partial charge in [0.1, 0.15) is 11.6 Å². The highest BCUT2D eigenvalue weighted by Crippen LogP contribution is 2.18. The second-order valence-corrected chi connectivity index (χ2v) is 4.94. The van der Waals surface area contributed by atoms with Crippen molar-refractivity contribution >= 4 is 17.5 Å². The van der Waals surface area contributed by atoms with Gasteiger partial charge in [-0.05, 0) is 24.3 Å². The second-order valence-electron chi connectivity index (χ2n) is 4.50. The maximum atomic E-state index is 13.5. The van der Waals surface area contributed by atoms with Gasteiger partial charge in [0, 0.05) is 22.7 Å². The number of nitrogens with one attached hydrogen (secondary N) is 1. The third-order valence-corrected chi connectivity index (χ3v) is 3.26. The Labute approximate surface area is 127 Å². The lowest BCUT2D eigenvalue weighted by molar-refractivity contribution is -0.120. The number of hydrogen-bond donors (Lipinski definition) is 1. The number of hydrogen-bond acceptors (Lipinski definition) is 2. The summed E-state index contributed by atoms with van der Waals surface area (Å²) in [6.45, 7) is 0.0976. The molecule has 1 amide bonds. The smallest absolute Gasteiger partial charge is 0.224 e. The van der Waals surface area contributed by atoms with Gasteiger partial charge >= 0.3 is 0 Å². The van der Waals surface area contributed by atoms with Crippen molar-refractivity contribution in [3.8, 4) is 5.75 Å². The molecular weight excluding hydrogens is 293 g/mol. The summed E-state index contributed by atoms with van der Waals surface area (Å²) < 4.78 is 18.7. The standard InChI is InChI=1S/C16H15ClFNO2/c1-21-15-5-3-2-4-11(15)9-16(20)19-10-12-8-13(17)6-7-14(12)18/h2-8H,9-10H2,1H3,(H,19,20). The summed E-state index contributed by atoms with van der Waals surface area (Å²) in [6.07, 6.45) is 0.173. The van der Waals surface area contributed by atoms with Crippen LogP contribution in [0.25, 0.3) is 0 Å². The molecule has 1 N–H and O–H groups in total. The molecule has 0 bridgehead atoms. The molecule has 0 saturated heterocycles. The zero-order valence-electron chi connectivity index (χ0n) is 11.5. The van der Waals surface area contributed by atoms with Crippen molar-refractivity contribution in [1.29, 1.82) is 0 Å². The lowest BCUT2D eigenvalue weighted by Crippen LogP contribution is -2.25. The van der Waals surface area contributed by atoms with Crippen LogP contribution in [-0.4, -0.2) is 13.0 Å². The van der Waals surface area contributed by atoms with Crippen molar-refractivity contribution in [2.75, 3.05) is 7.11 Å². The topological polar surface area (TPSA) is 38.3 Å². The zero-order valence-corrected chi connectivity index (χ0v) is 12.3. The van der Waals surface area contributed by atoms with Gasteiger partial charge in [-0.1, -0.05) is 29.8 Å². The van der Waals surface area contributed by atoms with E-state index in [1.165, 1.54) is 18.2 Å². The number of para-hydroxylation sites is 1. The van der Waals surface area contributed by atoms with Crippen LogP contribution in [0, 0.1) is 5.82 Å². The van der Waals surface area contributed by atoms with Gasteiger partial charge in [-0.15, -0.1) is 0 Å². The first-order chi connectivity index (χ1) is 10.1. The molecule has 0 aliphatic carbocycles. The highest BCUT2D eigenvalue weighted by molar-refractivity contribution is 6.30. The monoisotopic (exact) mass is 307 g/mol. The molecule has 5 heteroatoms. The number of rotatable bonds is 5. The molecule has 110 valence electrons. The van der Waals surface area contributed by atoms with E-state index in [-0.39, 0.29) is 18.9 Å². The van der Waals surface area contributed by atoms with Gasteiger partial charge in [-0.3, -0.25) is 4.79 Å². The molecule has 2 aromatic carbocycles. The fraction of sp³-hybridized carbons (Fsp3) is 0.188. The molecule has 0 atom stereocenters. The number of carbonyl (C=O) groups excluding carboxylic acids is 1. The molecule has 0 saturated carbocycles. The molecule has 0 aliphatic heterocycles. The second kappa shape index (κ2) is 7.09. The Hall–Kier alpha value is -2.07. The molecule has 21 heavy (non-hydrogen) atoms. The van der Waals surface area contributed by atoms with Gasteiger partial charge in [0.2, 0.25) is 5.91 Å². The minimum absolute atomic E-state index is 0.0976. The van der Waals surface area contributed by atoms with Crippen molar-refractivity contribution in [3.05, 3.63) is 64.4 Å². The number of amides is 1. The first kappa shape index (κ1) is 15.3. The van der Waals surface area contributed by atoms with E-state index in [0.717, 1.165) is 5.56 Å². The fourth-order valence-electron chi connectivity index (χ4n) is 1.96.